The predicted octanol–water partition coefficient (Wildman–Crippen LogP) is 0.321. The van der Waals surface area contributed by atoms with Crippen molar-refractivity contribution in [2.24, 2.45) is 0 Å². The van der Waals surface area contributed by atoms with Crippen LogP contribution in [-0.2, 0) is 39.6 Å². The van der Waals surface area contributed by atoms with Gasteiger partial charge in [0.1, 0.15) is 0 Å². The van der Waals surface area contributed by atoms with Gasteiger partial charge in [-0.3, -0.25) is 0 Å². The van der Waals surface area contributed by atoms with Gasteiger partial charge in [0.25, 0.3) is 0 Å². The van der Waals surface area contributed by atoms with Gasteiger partial charge in [0.15, 0.2) is 0 Å². The first-order valence-corrected chi connectivity index (χ1v) is 6.30. The zero-order valence-electron chi connectivity index (χ0n) is 1.93. The van der Waals surface area contributed by atoms with Crippen molar-refractivity contribution in [3.8, 4) is 0 Å². The topological polar surface area (TPSA) is 0 Å². The maximum Gasteiger partial charge on any atom is 0 e. The summed E-state index contributed by atoms with van der Waals surface area (Å²) in [4.78, 5) is 0. The molecule has 0 saturated heterocycles. The van der Waals surface area contributed by atoms with Crippen LogP contribution < -0.4 is 0 Å². The molecule has 0 fully saturated rings. The Bertz CT molecular complexity index is 8.00. The van der Waals surface area contributed by atoms with Crippen LogP contribution in [0.4, 0.5) is 0 Å². The van der Waals surface area contributed by atoms with Gasteiger partial charge in [-0.2, -0.15) is 0 Å². The Morgan fingerprint density at radius 1 is 1.25 bits per heavy atom. The number of hydrogen-bond acceptors (Lipinski definition) is 0. The average Bonchev–Trinajstić information content (AvgIpc) is 1.00. The molecule has 4 heavy (non-hydrogen) atoms. The minimum atomic E-state index is 0. The quantitative estimate of drug-likeness (QED) is 0.446. The van der Waals surface area contributed by atoms with E-state index >= 15 is 0 Å². The molecule has 0 heterocycles. The van der Waals surface area contributed by atoms with Gasteiger partial charge in [0, 0.05) is 39.6 Å². The molecule has 0 nitrogen and oxygen atoms in total. The van der Waals surface area contributed by atoms with Crippen LogP contribution in [0.15, 0.2) is 0 Å². The summed E-state index contributed by atoms with van der Waals surface area (Å²) in [6, 6.07) is 0. The van der Waals surface area contributed by atoms with Crippen LogP contribution in [0.1, 0.15) is 0 Å². The summed E-state index contributed by atoms with van der Waals surface area (Å²) < 4.78 is 2.56. The Morgan fingerprint density at radius 3 is 1.25 bits per heavy atom. The average molecular weight is 320 g/mol. The van der Waals surface area contributed by atoms with Crippen molar-refractivity contribution >= 4 is 3.98 Å². The Labute approximate surface area is 80.6 Å². The zero-order valence-corrected chi connectivity index (χ0v) is 9.63. The molecule has 0 rings (SSSR count). The third kappa shape index (κ3) is 8.91. The molecule has 1 radical (unpaired) electrons. The molecule has 0 aromatic heterocycles. The summed E-state index contributed by atoms with van der Waals surface area (Å²) in [6.45, 7) is 0. The molecular formula is H2CeMoPV. The van der Waals surface area contributed by atoms with E-state index in [9.17, 15) is 0 Å². The third-order valence-corrected chi connectivity index (χ3v) is 0. The van der Waals surface area contributed by atoms with Crippen LogP contribution in [0.3, 0.4) is 0 Å². The molecule has 0 N–H and O–H groups in total. The maximum atomic E-state index is 2.56. The van der Waals surface area contributed by atoms with E-state index in [-0.39, 0.29) is 39.6 Å². The minimum Gasteiger partial charge on any atom is 0 e. The molecule has 1 unspecified atom stereocenters. The maximum absolute atomic E-state index is 2.56. The van der Waals surface area contributed by atoms with Crippen LogP contribution in [0.25, 0.3) is 0 Å². The van der Waals surface area contributed by atoms with Gasteiger partial charge in [0.2, 0.25) is 0 Å². The van der Waals surface area contributed by atoms with Gasteiger partial charge in [-0.1, -0.05) is 0 Å². The van der Waals surface area contributed by atoms with Crippen molar-refractivity contribution < 1.29 is 78.5 Å². The van der Waals surface area contributed by atoms with Gasteiger partial charge in [-0.05, 0) is 0 Å². The molecule has 0 aromatic rings. The second-order valence-electron chi connectivity index (χ2n) is 0. The molecule has 0 saturated carbocycles. The second kappa shape index (κ2) is 16.5. The first kappa shape index (κ1) is 15.7. The monoisotopic (exact) mass is 322 g/mol. The first-order valence-electron chi connectivity index (χ1n) is 0.289. The fraction of sp³-hybridized carbons (Fsp3) is 0. The first-order chi connectivity index (χ1) is 1.00. The number of hydrogen-bond donors (Lipinski definition) is 0. The van der Waals surface area contributed by atoms with Gasteiger partial charge >= 0.3 is 42.8 Å². The summed E-state index contributed by atoms with van der Waals surface area (Å²) in [7, 11) is 0. The van der Waals surface area contributed by atoms with Crippen molar-refractivity contribution in [2.75, 3.05) is 0 Å². The second-order valence-corrected chi connectivity index (χ2v) is 0. The normalized spacial score (nSPS) is 1.00. The molecule has 0 aliphatic rings. The van der Waals surface area contributed by atoms with E-state index in [1.165, 1.54) is 38.9 Å². The standard InChI is InChI=1S/Ce.Mo.H2P.V/h;;1H2;/q+1;;-1;. The van der Waals surface area contributed by atoms with Crippen LogP contribution in [0.2, 0.25) is 0 Å². The summed E-state index contributed by atoms with van der Waals surface area (Å²) >= 11 is 1.22. The van der Waals surface area contributed by atoms with Crippen LogP contribution >= 0.6 is 3.98 Å². The molecule has 0 aliphatic carbocycles. The van der Waals surface area contributed by atoms with Crippen molar-refractivity contribution in [3.63, 3.8) is 0 Å². The van der Waals surface area contributed by atoms with E-state index in [1.807, 2.05) is 0 Å². The Morgan fingerprint density at radius 2 is 1.25 bits per heavy atom. The van der Waals surface area contributed by atoms with E-state index in [4.69, 9.17) is 0 Å². The van der Waals surface area contributed by atoms with Crippen molar-refractivity contribution in [3.05, 3.63) is 0 Å². The fourth-order valence-electron chi connectivity index (χ4n) is 0. The van der Waals surface area contributed by atoms with Crippen molar-refractivity contribution in [1.29, 1.82) is 0 Å². The molecule has 1 atom stereocenters. The van der Waals surface area contributed by atoms with Crippen LogP contribution in [0.5, 0.6) is 0 Å². The van der Waals surface area contributed by atoms with Gasteiger partial charge in [0.05, 0.1) is 0 Å². The zero-order chi connectivity index (χ0) is 2.00. The summed E-state index contributed by atoms with van der Waals surface area (Å²) in [5.41, 5.74) is 0. The van der Waals surface area contributed by atoms with Crippen LogP contribution in [-0.4, -0.2) is 0 Å². The van der Waals surface area contributed by atoms with Gasteiger partial charge in [-0.25, -0.2) is 0 Å². The van der Waals surface area contributed by atoms with Gasteiger partial charge < -0.3 is 0 Å². The SMILES string of the molecule is [Mo].[PH2][Ce].[V]. The Balaban J connectivity index is -0.00000000500. The molecule has 0 aromatic carbocycles. The largest absolute Gasteiger partial charge is 0 e. The van der Waals surface area contributed by atoms with Crippen molar-refractivity contribution in [2.45, 2.75) is 0 Å². The molecule has 0 bridgehead atoms. The van der Waals surface area contributed by atoms with Gasteiger partial charge in [-0.15, -0.1) is 0 Å². The molecule has 0 spiro atoms. The Kier molecular flexibility index (Phi) is 65.0. The summed E-state index contributed by atoms with van der Waals surface area (Å²) in [5, 5.41) is 0. The minimum absolute atomic E-state index is 0. The van der Waals surface area contributed by atoms with Crippen LogP contribution in [0, 0.1) is 38.9 Å². The van der Waals surface area contributed by atoms with E-state index < -0.39 is 0 Å². The summed E-state index contributed by atoms with van der Waals surface area (Å²) in [5.74, 6) is 0. The molecule has 0 aliphatic heterocycles. The molecule has 4 heteroatoms. The van der Waals surface area contributed by atoms with E-state index in [1.54, 1.807) is 0 Å². The molecule has 22 valence electrons. The van der Waals surface area contributed by atoms with E-state index in [2.05, 4.69) is 3.98 Å². The fourth-order valence-corrected chi connectivity index (χ4v) is 0. The Hall–Kier alpha value is 3.08. The predicted molar refractivity (Wildman–Crippen MR) is 9.71 cm³/mol. The smallest absolute Gasteiger partial charge is 0 e. The molecule has 0 amide bonds. The number of rotatable bonds is 0. The van der Waals surface area contributed by atoms with Crippen molar-refractivity contribution in [1.82, 2.24) is 0 Å². The summed E-state index contributed by atoms with van der Waals surface area (Å²) in [6.07, 6.45) is 0. The van der Waals surface area contributed by atoms with E-state index in [0.717, 1.165) is 0 Å². The third-order valence-electron chi connectivity index (χ3n) is 0. The molecular weight excluding hydrogens is 318 g/mol. The van der Waals surface area contributed by atoms with E-state index in [0.29, 0.717) is 0 Å².